The van der Waals surface area contributed by atoms with E-state index < -0.39 is 0 Å². The first-order valence-electron chi connectivity index (χ1n) is 8.11. The van der Waals surface area contributed by atoms with Gasteiger partial charge in [0, 0.05) is 19.1 Å². The Balaban J connectivity index is 0.00000110. The summed E-state index contributed by atoms with van der Waals surface area (Å²) in [7, 11) is 0. The lowest BCUT2D eigenvalue weighted by atomic mass is 10.00. The fourth-order valence-electron chi connectivity index (χ4n) is 3.84. The summed E-state index contributed by atoms with van der Waals surface area (Å²) < 4.78 is 0. The molecule has 0 aromatic heterocycles. The van der Waals surface area contributed by atoms with Gasteiger partial charge < -0.3 is 15.1 Å². The molecule has 3 heterocycles. The van der Waals surface area contributed by atoms with Crippen molar-refractivity contribution < 1.29 is 4.79 Å². The third-order valence-corrected chi connectivity index (χ3v) is 5.04. The second-order valence-electron chi connectivity index (χ2n) is 6.30. The molecule has 4 nitrogen and oxygen atoms in total. The van der Waals surface area contributed by atoms with Crippen molar-refractivity contribution in [3.05, 3.63) is 0 Å². The molecule has 3 saturated heterocycles. The van der Waals surface area contributed by atoms with Crippen LogP contribution in [0.25, 0.3) is 0 Å². The second-order valence-corrected chi connectivity index (χ2v) is 6.30. The van der Waals surface area contributed by atoms with Crippen molar-refractivity contribution >= 4 is 30.7 Å². The third kappa shape index (κ3) is 4.72. The molecule has 1 N–H and O–H groups in total. The van der Waals surface area contributed by atoms with Crippen molar-refractivity contribution in [1.82, 2.24) is 15.1 Å². The highest BCUT2D eigenvalue weighted by atomic mass is 35.5. The van der Waals surface area contributed by atoms with Crippen LogP contribution in [0.4, 0.5) is 0 Å². The number of carbonyl (C=O) groups is 1. The Morgan fingerprint density at radius 3 is 2.10 bits per heavy atom. The molecule has 124 valence electrons. The zero-order chi connectivity index (χ0) is 13.1. The summed E-state index contributed by atoms with van der Waals surface area (Å²) in [5.74, 6) is 0.361. The molecule has 3 fully saturated rings. The van der Waals surface area contributed by atoms with E-state index in [1.165, 1.54) is 51.6 Å². The van der Waals surface area contributed by atoms with Crippen molar-refractivity contribution in [2.75, 3.05) is 32.7 Å². The van der Waals surface area contributed by atoms with E-state index in [0.717, 1.165) is 32.1 Å². The van der Waals surface area contributed by atoms with Gasteiger partial charge in [-0.3, -0.25) is 4.79 Å². The summed E-state index contributed by atoms with van der Waals surface area (Å²) in [6.45, 7) is 5.52. The molecule has 3 rings (SSSR count). The Morgan fingerprint density at radius 1 is 0.857 bits per heavy atom. The number of rotatable bonds is 2. The predicted molar refractivity (Wildman–Crippen MR) is 90.5 cm³/mol. The van der Waals surface area contributed by atoms with E-state index in [0.29, 0.717) is 5.91 Å². The Kier molecular flexibility index (Phi) is 8.32. The molecule has 1 amide bonds. The Bertz CT molecular complexity index is 310. The largest absolute Gasteiger partial charge is 0.341 e. The average molecular weight is 338 g/mol. The maximum Gasteiger partial charge on any atom is 0.239 e. The summed E-state index contributed by atoms with van der Waals surface area (Å²) >= 11 is 0. The van der Waals surface area contributed by atoms with Crippen LogP contribution in [0.15, 0.2) is 0 Å². The maximum absolute atomic E-state index is 12.4. The topological polar surface area (TPSA) is 35.6 Å². The molecule has 6 heteroatoms. The van der Waals surface area contributed by atoms with Crippen LogP contribution in [-0.2, 0) is 4.79 Å². The molecule has 0 radical (unpaired) electrons. The van der Waals surface area contributed by atoms with Crippen molar-refractivity contribution in [2.24, 2.45) is 0 Å². The SMILES string of the molecule is Cl.Cl.O=C([C@H]1CCCCN1)N1CCC(N2CCCC2)CC1. The molecule has 0 unspecified atom stereocenters. The molecule has 0 aliphatic carbocycles. The van der Waals surface area contributed by atoms with Gasteiger partial charge in [-0.2, -0.15) is 0 Å². The fraction of sp³-hybridized carbons (Fsp3) is 0.933. The lowest BCUT2D eigenvalue weighted by Crippen LogP contribution is -2.52. The number of carbonyl (C=O) groups excluding carboxylic acids is 1. The average Bonchev–Trinajstić information content (AvgIpc) is 3.02. The lowest BCUT2D eigenvalue weighted by Gasteiger charge is -2.38. The van der Waals surface area contributed by atoms with Gasteiger partial charge in [0.2, 0.25) is 5.91 Å². The monoisotopic (exact) mass is 337 g/mol. The summed E-state index contributed by atoms with van der Waals surface area (Å²) in [6, 6.07) is 0.850. The number of hydrogen-bond acceptors (Lipinski definition) is 3. The number of likely N-dealkylation sites (tertiary alicyclic amines) is 2. The van der Waals surface area contributed by atoms with E-state index in [1.54, 1.807) is 0 Å². The van der Waals surface area contributed by atoms with Gasteiger partial charge in [-0.25, -0.2) is 0 Å². The molecule has 3 aliphatic heterocycles. The van der Waals surface area contributed by atoms with E-state index in [4.69, 9.17) is 0 Å². The zero-order valence-electron chi connectivity index (χ0n) is 12.8. The van der Waals surface area contributed by atoms with Gasteiger partial charge in [0.15, 0.2) is 0 Å². The van der Waals surface area contributed by atoms with Gasteiger partial charge in [-0.05, 0) is 58.2 Å². The molecule has 0 spiro atoms. The molecule has 3 aliphatic rings. The second kappa shape index (κ2) is 9.19. The van der Waals surface area contributed by atoms with Crippen molar-refractivity contribution in [3.63, 3.8) is 0 Å². The van der Waals surface area contributed by atoms with Gasteiger partial charge in [0.05, 0.1) is 6.04 Å². The highest BCUT2D eigenvalue weighted by Crippen LogP contribution is 2.22. The third-order valence-electron chi connectivity index (χ3n) is 5.04. The Morgan fingerprint density at radius 2 is 1.52 bits per heavy atom. The van der Waals surface area contributed by atoms with Gasteiger partial charge in [0.25, 0.3) is 0 Å². The van der Waals surface area contributed by atoms with E-state index in [1.807, 2.05) is 0 Å². The lowest BCUT2D eigenvalue weighted by molar-refractivity contribution is -0.135. The van der Waals surface area contributed by atoms with Crippen molar-refractivity contribution in [2.45, 2.75) is 57.0 Å². The first-order valence-corrected chi connectivity index (χ1v) is 8.11. The minimum absolute atomic E-state index is 0. The Labute approximate surface area is 140 Å². The molecule has 21 heavy (non-hydrogen) atoms. The Hall–Kier alpha value is -0.0300. The summed E-state index contributed by atoms with van der Waals surface area (Å²) in [6.07, 6.45) is 8.55. The van der Waals surface area contributed by atoms with Crippen molar-refractivity contribution in [1.29, 1.82) is 0 Å². The number of nitrogens with zero attached hydrogens (tertiary/aromatic N) is 2. The fourth-order valence-corrected chi connectivity index (χ4v) is 3.84. The highest BCUT2D eigenvalue weighted by Gasteiger charge is 2.31. The first kappa shape index (κ1) is 19.0. The van der Waals surface area contributed by atoms with Crippen LogP contribution in [0.3, 0.4) is 0 Å². The number of hydrogen-bond donors (Lipinski definition) is 1. The number of nitrogens with one attached hydrogen (secondary N) is 1. The van der Waals surface area contributed by atoms with E-state index in [2.05, 4.69) is 15.1 Å². The zero-order valence-corrected chi connectivity index (χ0v) is 14.4. The van der Waals surface area contributed by atoms with E-state index in [9.17, 15) is 4.79 Å². The predicted octanol–water partition coefficient (Wildman–Crippen LogP) is 2.06. The van der Waals surface area contributed by atoms with Crippen LogP contribution in [0.5, 0.6) is 0 Å². The molecule has 1 atom stereocenters. The number of halogens is 2. The van der Waals surface area contributed by atoms with Crippen LogP contribution >= 0.6 is 24.8 Å². The van der Waals surface area contributed by atoms with Crippen molar-refractivity contribution in [3.8, 4) is 0 Å². The van der Waals surface area contributed by atoms with Crippen LogP contribution in [0.2, 0.25) is 0 Å². The van der Waals surface area contributed by atoms with Crippen LogP contribution in [0, 0.1) is 0 Å². The molecular weight excluding hydrogens is 309 g/mol. The first-order chi connectivity index (χ1) is 9.34. The minimum atomic E-state index is 0. The van der Waals surface area contributed by atoms with E-state index in [-0.39, 0.29) is 30.9 Å². The molecule has 0 bridgehead atoms. The summed E-state index contributed by atoms with van der Waals surface area (Å²) in [5, 5.41) is 3.38. The number of piperidine rings is 2. The van der Waals surface area contributed by atoms with Gasteiger partial charge >= 0.3 is 0 Å². The molecular formula is C15H29Cl2N3O. The van der Waals surface area contributed by atoms with Crippen LogP contribution in [0.1, 0.15) is 44.9 Å². The molecule has 0 aromatic rings. The smallest absolute Gasteiger partial charge is 0.239 e. The normalized spacial score (nSPS) is 27.8. The summed E-state index contributed by atoms with van der Waals surface area (Å²) in [4.78, 5) is 17.2. The maximum atomic E-state index is 12.4. The minimum Gasteiger partial charge on any atom is -0.341 e. The molecule has 0 aromatic carbocycles. The van der Waals surface area contributed by atoms with E-state index >= 15 is 0 Å². The highest BCUT2D eigenvalue weighted by molar-refractivity contribution is 5.85. The molecule has 0 saturated carbocycles. The van der Waals surface area contributed by atoms with Gasteiger partial charge in [0.1, 0.15) is 0 Å². The standard InChI is InChI=1S/C15H27N3O.2ClH/c19-15(14-5-1-2-8-16-14)18-11-6-13(7-12-18)17-9-3-4-10-17;;/h13-14,16H,1-12H2;2*1H/t14-;;/m1../s1. The van der Waals surface area contributed by atoms with Gasteiger partial charge in [-0.1, -0.05) is 6.42 Å². The summed E-state index contributed by atoms with van der Waals surface area (Å²) in [5.41, 5.74) is 0. The van der Waals surface area contributed by atoms with Gasteiger partial charge in [-0.15, -0.1) is 24.8 Å². The quantitative estimate of drug-likeness (QED) is 0.837. The van der Waals surface area contributed by atoms with Crippen LogP contribution < -0.4 is 5.32 Å². The van der Waals surface area contributed by atoms with Crippen LogP contribution in [-0.4, -0.2) is 60.5 Å². The number of amides is 1.